The number of carbonyl (C=O) groups excluding carboxylic acids is 2. The maximum Gasteiger partial charge on any atom is 0.321 e. The third-order valence-corrected chi connectivity index (χ3v) is 2.58. The van der Waals surface area contributed by atoms with Gasteiger partial charge >= 0.3 is 12.0 Å². The van der Waals surface area contributed by atoms with Crippen LogP contribution in [0.2, 0.25) is 0 Å². The molecular formula is C10H18N2O4S. The number of carboxylic acids is 1. The van der Waals surface area contributed by atoms with Crippen molar-refractivity contribution in [3.63, 3.8) is 0 Å². The SMILES string of the molecule is CC(C)CNC(=O)NC(=O)CSCCC(=O)O. The number of urea groups is 1. The first kappa shape index (κ1) is 15.8. The van der Waals surface area contributed by atoms with Gasteiger partial charge in [0.15, 0.2) is 0 Å². The van der Waals surface area contributed by atoms with E-state index in [-0.39, 0.29) is 12.2 Å². The van der Waals surface area contributed by atoms with Crippen molar-refractivity contribution in [3.05, 3.63) is 0 Å². The molecule has 0 aromatic carbocycles. The summed E-state index contributed by atoms with van der Waals surface area (Å²) in [6, 6.07) is -0.512. The van der Waals surface area contributed by atoms with Gasteiger partial charge in [0.05, 0.1) is 12.2 Å². The lowest BCUT2D eigenvalue weighted by Crippen LogP contribution is -2.41. The Bertz CT molecular complexity index is 281. The van der Waals surface area contributed by atoms with E-state index < -0.39 is 17.9 Å². The van der Waals surface area contributed by atoms with Crippen LogP contribution in [0.3, 0.4) is 0 Å². The van der Waals surface area contributed by atoms with Crippen molar-refractivity contribution in [2.45, 2.75) is 20.3 Å². The van der Waals surface area contributed by atoms with Crippen LogP contribution in [-0.2, 0) is 9.59 Å². The van der Waals surface area contributed by atoms with Crippen LogP contribution in [0.1, 0.15) is 20.3 Å². The number of rotatable bonds is 7. The van der Waals surface area contributed by atoms with E-state index in [9.17, 15) is 14.4 Å². The van der Waals surface area contributed by atoms with Gasteiger partial charge in [0.1, 0.15) is 0 Å². The van der Waals surface area contributed by atoms with E-state index in [0.717, 1.165) is 0 Å². The standard InChI is InChI=1S/C10H18N2O4S/c1-7(2)5-11-10(16)12-8(13)6-17-4-3-9(14)15/h7H,3-6H2,1-2H3,(H,14,15)(H2,11,12,13,16). The Balaban J connectivity index is 3.57. The number of carbonyl (C=O) groups is 3. The predicted octanol–water partition coefficient (Wildman–Crippen LogP) is 0.676. The molecule has 0 heterocycles. The summed E-state index contributed by atoms with van der Waals surface area (Å²) in [4.78, 5) is 32.5. The van der Waals surface area contributed by atoms with Gasteiger partial charge in [-0.15, -0.1) is 0 Å². The van der Waals surface area contributed by atoms with Crippen LogP contribution >= 0.6 is 11.8 Å². The molecule has 0 aliphatic rings. The Morgan fingerprint density at radius 3 is 2.47 bits per heavy atom. The molecule has 7 heteroatoms. The third kappa shape index (κ3) is 11.0. The average molecular weight is 262 g/mol. The van der Waals surface area contributed by atoms with Crippen LogP contribution in [0.25, 0.3) is 0 Å². The second-order valence-corrected chi connectivity index (χ2v) is 4.95. The summed E-state index contributed by atoms with van der Waals surface area (Å²) in [6.45, 7) is 4.40. The Morgan fingerprint density at radius 1 is 1.29 bits per heavy atom. The minimum atomic E-state index is -0.896. The highest BCUT2D eigenvalue weighted by molar-refractivity contribution is 7.99. The molecule has 0 bridgehead atoms. The first-order valence-corrected chi connectivity index (χ1v) is 6.44. The first-order valence-electron chi connectivity index (χ1n) is 5.29. The molecule has 0 aromatic rings. The Labute approximate surface area is 105 Å². The molecule has 0 saturated heterocycles. The van der Waals surface area contributed by atoms with Crippen LogP contribution in [0.4, 0.5) is 4.79 Å². The number of imide groups is 1. The minimum absolute atomic E-state index is 0.0114. The summed E-state index contributed by atoms with van der Waals surface area (Å²) < 4.78 is 0. The second kappa shape index (κ2) is 8.86. The molecule has 0 aliphatic heterocycles. The number of nitrogens with one attached hydrogen (secondary N) is 2. The molecule has 17 heavy (non-hydrogen) atoms. The summed E-state index contributed by atoms with van der Waals surface area (Å²) in [7, 11) is 0. The van der Waals surface area contributed by atoms with Crippen LogP contribution in [0.5, 0.6) is 0 Å². The van der Waals surface area contributed by atoms with Crippen LogP contribution < -0.4 is 10.6 Å². The lowest BCUT2D eigenvalue weighted by molar-refractivity contribution is -0.136. The topological polar surface area (TPSA) is 95.5 Å². The summed E-state index contributed by atoms with van der Waals surface area (Å²) in [5.74, 6) is -0.548. The number of hydrogen-bond acceptors (Lipinski definition) is 4. The maximum atomic E-state index is 11.2. The second-order valence-electron chi connectivity index (χ2n) is 3.85. The van der Waals surface area contributed by atoms with E-state index in [1.807, 2.05) is 13.8 Å². The Hall–Kier alpha value is -1.24. The summed E-state index contributed by atoms with van der Waals surface area (Å²) in [5, 5.41) is 13.1. The number of hydrogen-bond donors (Lipinski definition) is 3. The molecule has 0 radical (unpaired) electrons. The molecule has 98 valence electrons. The molecule has 0 saturated carbocycles. The highest BCUT2D eigenvalue weighted by atomic mass is 32.2. The van der Waals surface area contributed by atoms with Gasteiger partial charge in [-0.1, -0.05) is 13.8 Å². The molecule has 0 rings (SSSR count). The van der Waals surface area contributed by atoms with Crippen molar-refractivity contribution in [2.24, 2.45) is 5.92 Å². The zero-order chi connectivity index (χ0) is 13.3. The van der Waals surface area contributed by atoms with Crippen LogP contribution in [0, 0.1) is 5.92 Å². The molecule has 0 aromatic heterocycles. The monoisotopic (exact) mass is 262 g/mol. The number of aliphatic carboxylic acids is 1. The van der Waals surface area contributed by atoms with Crippen LogP contribution in [-0.4, -0.2) is 41.1 Å². The van der Waals surface area contributed by atoms with Gasteiger partial charge in [-0.25, -0.2) is 4.79 Å². The van der Waals surface area contributed by atoms with Gasteiger partial charge in [-0.2, -0.15) is 11.8 Å². The van der Waals surface area contributed by atoms with E-state index in [0.29, 0.717) is 18.2 Å². The van der Waals surface area contributed by atoms with Gasteiger partial charge < -0.3 is 10.4 Å². The van der Waals surface area contributed by atoms with E-state index in [4.69, 9.17) is 5.11 Å². The molecule has 0 aliphatic carbocycles. The van der Waals surface area contributed by atoms with Gasteiger partial charge in [-0.05, 0) is 5.92 Å². The van der Waals surface area contributed by atoms with E-state index >= 15 is 0 Å². The molecule has 3 N–H and O–H groups in total. The minimum Gasteiger partial charge on any atom is -0.481 e. The fourth-order valence-electron chi connectivity index (χ4n) is 0.828. The van der Waals surface area contributed by atoms with Gasteiger partial charge in [0.25, 0.3) is 0 Å². The number of carboxylic acid groups (broad SMARTS) is 1. The molecular weight excluding hydrogens is 244 g/mol. The summed E-state index contributed by atoms with van der Waals surface area (Å²) >= 11 is 1.18. The first-order chi connectivity index (χ1) is 7.91. The van der Waals surface area contributed by atoms with Gasteiger partial charge in [-0.3, -0.25) is 14.9 Å². The van der Waals surface area contributed by atoms with Crippen molar-refractivity contribution in [2.75, 3.05) is 18.1 Å². The fourth-order valence-corrected chi connectivity index (χ4v) is 1.55. The van der Waals surface area contributed by atoms with E-state index in [2.05, 4.69) is 10.6 Å². The maximum absolute atomic E-state index is 11.2. The summed E-state index contributed by atoms with van der Waals surface area (Å²) in [5.41, 5.74) is 0. The van der Waals surface area contributed by atoms with Crippen LogP contribution in [0.15, 0.2) is 0 Å². The van der Waals surface area contributed by atoms with Crippen molar-refractivity contribution < 1.29 is 19.5 Å². The van der Waals surface area contributed by atoms with E-state index in [1.54, 1.807) is 0 Å². The lowest BCUT2D eigenvalue weighted by atomic mass is 10.2. The highest BCUT2D eigenvalue weighted by Crippen LogP contribution is 2.01. The molecule has 3 amide bonds. The van der Waals surface area contributed by atoms with Gasteiger partial charge in [0.2, 0.25) is 5.91 Å². The molecule has 0 fully saturated rings. The molecule has 6 nitrogen and oxygen atoms in total. The fraction of sp³-hybridized carbons (Fsp3) is 0.700. The Morgan fingerprint density at radius 2 is 1.94 bits per heavy atom. The van der Waals surface area contributed by atoms with E-state index in [1.165, 1.54) is 11.8 Å². The zero-order valence-electron chi connectivity index (χ0n) is 9.99. The molecule has 0 atom stereocenters. The van der Waals surface area contributed by atoms with Crippen molar-refractivity contribution >= 4 is 29.7 Å². The Kier molecular flexibility index (Phi) is 8.21. The molecule has 0 spiro atoms. The van der Waals surface area contributed by atoms with Crippen molar-refractivity contribution in [1.29, 1.82) is 0 Å². The zero-order valence-corrected chi connectivity index (χ0v) is 10.8. The summed E-state index contributed by atoms with van der Waals surface area (Å²) in [6.07, 6.45) is 0.0114. The average Bonchev–Trinajstić information content (AvgIpc) is 2.21. The van der Waals surface area contributed by atoms with Crippen molar-refractivity contribution in [3.8, 4) is 0 Å². The normalized spacial score (nSPS) is 10.1. The largest absolute Gasteiger partial charge is 0.481 e. The quantitative estimate of drug-likeness (QED) is 0.586. The number of thioether (sulfide) groups is 1. The smallest absolute Gasteiger partial charge is 0.321 e. The lowest BCUT2D eigenvalue weighted by Gasteiger charge is -2.08. The van der Waals surface area contributed by atoms with Gasteiger partial charge in [0, 0.05) is 12.3 Å². The third-order valence-electron chi connectivity index (χ3n) is 1.62. The molecule has 0 unspecified atom stereocenters. The number of amides is 3. The van der Waals surface area contributed by atoms with Crippen molar-refractivity contribution in [1.82, 2.24) is 10.6 Å². The predicted molar refractivity (Wildman–Crippen MR) is 66.0 cm³/mol. The highest BCUT2D eigenvalue weighted by Gasteiger charge is 2.08.